The predicted octanol–water partition coefficient (Wildman–Crippen LogP) is 3.25. The number of rotatable bonds is 7. The topological polar surface area (TPSA) is 101 Å². The van der Waals surface area contributed by atoms with E-state index in [4.69, 9.17) is 10.5 Å². The van der Waals surface area contributed by atoms with Crippen molar-refractivity contribution in [3.8, 4) is 0 Å². The van der Waals surface area contributed by atoms with Gasteiger partial charge in [0.2, 0.25) is 11.8 Å². The minimum Gasteiger partial charge on any atom is -0.376 e. The van der Waals surface area contributed by atoms with Gasteiger partial charge in [-0.1, -0.05) is 31.1 Å². The van der Waals surface area contributed by atoms with Crippen molar-refractivity contribution in [2.45, 2.75) is 76.5 Å². The Balaban J connectivity index is 1.48. The molecule has 0 aromatic carbocycles. The largest absolute Gasteiger partial charge is 0.376 e. The molecule has 3 atom stereocenters. The van der Waals surface area contributed by atoms with E-state index in [-0.39, 0.29) is 30.3 Å². The monoisotopic (exact) mass is 513 g/mol. The molecule has 3 aliphatic rings. The smallest absolute Gasteiger partial charge is 0.265 e. The number of carbonyl (C=O) groups excluding carboxylic acids is 2. The number of ether oxygens (including phenoxy) is 1. The molecule has 0 radical (unpaired) electrons. The molecule has 3 N–H and O–H groups in total. The summed E-state index contributed by atoms with van der Waals surface area (Å²) in [4.78, 5) is 34.0. The van der Waals surface area contributed by atoms with Crippen molar-refractivity contribution < 1.29 is 23.1 Å². The number of morpholine rings is 1. The second kappa shape index (κ2) is 11.1. The van der Waals surface area contributed by atoms with Crippen LogP contribution in [0.1, 0.15) is 63.3 Å². The summed E-state index contributed by atoms with van der Waals surface area (Å²) in [7, 11) is 0. The van der Waals surface area contributed by atoms with Crippen LogP contribution in [0.5, 0.6) is 0 Å². The molecule has 1 aromatic heterocycles. The summed E-state index contributed by atoms with van der Waals surface area (Å²) in [5.74, 6) is -2.66. The number of alkyl halides is 2. The summed E-state index contributed by atoms with van der Waals surface area (Å²) < 4.78 is 34.2. The lowest BCUT2D eigenvalue weighted by Gasteiger charge is -2.41. The summed E-state index contributed by atoms with van der Waals surface area (Å²) in [5.41, 5.74) is 6.26. The van der Waals surface area contributed by atoms with Crippen LogP contribution in [0.15, 0.2) is 6.20 Å². The number of hydrogen-bond acceptors (Lipinski definition) is 7. The Morgan fingerprint density at radius 2 is 2.09 bits per heavy atom. The van der Waals surface area contributed by atoms with Crippen molar-refractivity contribution in [2.75, 3.05) is 38.1 Å². The molecule has 0 spiro atoms. The van der Waals surface area contributed by atoms with Crippen molar-refractivity contribution in [1.82, 2.24) is 14.8 Å². The van der Waals surface area contributed by atoms with Crippen LogP contribution >= 0.6 is 11.3 Å². The number of thiazole rings is 1. The minimum atomic E-state index is -2.92. The van der Waals surface area contributed by atoms with Crippen LogP contribution in [0.2, 0.25) is 0 Å². The fraction of sp³-hybridized carbons (Fsp3) is 0.792. The molecule has 3 fully saturated rings. The molecule has 0 bridgehead atoms. The third-order valence-electron chi connectivity index (χ3n) is 7.51. The number of amides is 2. The van der Waals surface area contributed by atoms with Crippen LogP contribution in [0.25, 0.3) is 0 Å². The lowest BCUT2D eigenvalue weighted by molar-refractivity contribution is -0.152. The minimum absolute atomic E-state index is 0.0310. The quantitative estimate of drug-likeness (QED) is 0.581. The first-order valence-electron chi connectivity index (χ1n) is 12.6. The maximum absolute atomic E-state index is 14.3. The zero-order valence-electron chi connectivity index (χ0n) is 20.6. The number of carbonyl (C=O) groups is 2. The Kier molecular flexibility index (Phi) is 8.40. The SMILES string of the molecule is CC1CCC(C(N)C(=O)Nc2ncc(C(CN3CCO[C@H](C)C3)N3CC(F)(F)CCC3=O)s2)CC1. The molecule has 35 heavy (non-hydrogen) atoms. The van der Waals surface area contributed by atoms with Gasteiger partial charge in [-0.05, 0) is 31.6 Å². The van der Waals surface area contributed by atoms with Gasteiger partial charge in [0.05, 0.1) is 36.2 Å². The van der Waals surface area contributed by atoms with Gasteiger partial charge in [-0.2, -0.15) is 0 Å². The molecular weight excluding hydrogens is 476 g/mol. The number of nitrogens with one attached hydrogen (secondary N) is 1. The van der Waals surface area contributed by atoms with Gasteiger partial charge in [0, 0.05) is 38.7 Å². The van der Waals surface area contributed by atoms with E-state index in [1.165, 1.54) is 16.2 Å². The van der Waals surface area contributed by atoms with Crippen molar-refractivity contribution >= 4 is 28.3 Å². The lowest BCUT2D eigenvalue weighted by Crippen LogP contribution is -2.51. The van der Waals surface area contributed by atoms with Crippen LogP contribution < -0.4 is 11.1 Å². The number of aromatic nitrogens is 1. The van der Waals surface area contributed by atoms with Gasteiger partial charge in [-0.15, -0.1) is 0 Å². The first kappa shape index (κ1) is 26.4. The molecular formula is C24H37F2N5O3S. The number of hydrogen-bond donors (Lipinski definition) is 2. The van der Waals surface area contributed by atoms with Crippen LogP contribution in [-0.4, -0.2) is 77.5 Å². The van der Waals surface area contributed by atoms with Gasteiger partial charge in [-0.25, -0.2) is 13.8 Å². The van der Waals surface area contributed by atoms with Crippen molar-refractivity contribution in [3.05, 3.63) is 11.1 Å². The fourth-order valence-corrected chi connectivity index (χ4v) is 6.25. The molecule has 2 saturated heterocycles. The van der Waals surface area contributed by atoms with E-state index in [1.807, 2.05) is 6.92 Å². The second-order valence-corrected chi connectivity index (χ2v) is 11.5. The molecule has 196 valence electrons. The molecule has 8 nitrogen and oxygen atoms in total. The summed E-state index contributed by atoms with van der Waals surface area (Å²) in [6.07, 6.45) is 5.03. The van der Waals surface area contributed by atoms with Gasteiger partial charge in [0.25, 0.3) is 5.92 Å². The highest BCUT2D eigenvalue weighted by Gasteiger charge is 2.43. The van der Waals surface area contributed by atoms with Gasteiger partial charge >= 0.3 is 0 Å². The van der Waals surface area contributed by atoms with Gasteiger partial charge in [-0.3, -0.25) is 14.5 Å². The molecule has 3 heterocycles. The maximum Gasteiger partial charge on any atom is 0.265 e. The summed E-state index contributed by atoms with van der Waals surface area (Å²) in [6, 6.07) is -1.18. The Labute approximate surface area is 209 Å². The first-order chi connectivity index (χ1) is 16.6. The highest BCUT2D eigenvalue weighted by Crippen LogP contribution is 2.37. The van der Waals surface area contributed by atoms with E-state index >= 15 is 0 Å². The summed E-state index contributed by atoms with van der Waals surface area (Å²) >= 11 is 1.22. The highest BCUT2D eigenvalue weighted by molar-refractivity contribution is 7.15. The number of nitrogens with zero attached hydrogens (tertiary/aromatic N) is 3. The molecule has 2 unspecified atom stereocenters. The second-order valence-electron chi connectivity index (χ2n) is 10.4. The van der Waals surface area contributed by atoms with Gasteiger partial charge < -0.3 is 20.7 Å². The average molecular weight is 514 g/mol. The van der Waals surface area contributed by atoms with E-state index in [0.717, 1.165) is 25.7 Å². The highest BCUT2D eigenvalue weighted by atomic mass is 32.1. The molecule has 11 heteroatoms. The van der Waals surface area contributed by atoms with Crippen LogP contribution in [0, 0.1) is 11.8 Å². The number of piperidine rings is 1. The number of anilines is 1. The van der Waals surface area contributed by atoms with Crippen molar-refractivity contribution in [2.24, 2.45) is 17.6 Å². The Bertz CT molecular complexity index is 892. The zero-order chi connectivity index (χ0) is 25.2. The number of nitrogens with two attached hydrogens (primary N) is 1. The molecule has 1 aliphatic carbocycles. The Hall–Kier alpha value is -1.69. The third-order valence-corrected chi connectivity index (χ3v) is 8.53. The summed E-state index contributed by atoms with van der Waals surface area (Å²) in [6.45, 7) is 5.86. The van der Waals surface area contributed by atoms with E-state index in [2.05, 4.69) is 22.1 Å². The van der Waals surface area contributed by atoms with Crippen LogP contribution in [-0.2, 0) is 14.3 Å². The first-order valence-corrected chi connectivity index (χ1v) is 13.5. The van der Waals surface area contributed by atoms with Crippen molar-refractivity contribution in [1.29, 1.82) is 0 Å². The van der Waals surface area contributed by atoms with E-state index in [9.17, 15) is 18.4 Å². The fourth-order valence-electron chi connectivity index (χ4n) is 5.32. The third kappa shape index (κ3) is 6.75. The van der Waals surface area contributed by atoms with Crippen LogP contribution in [0.3, 0.4) is 0 Å². The van der Waals surface area contributed by atoms with E-state index in [1.54, 1.807) is 6.20 Å². The van der Waals surface area contributed by atoms with E-state index in [0.29, 0.717) is 42.2 Å². The molecule has 4 rings (SSSR count). The maximum atomic E-state index is 14.3. The predicted molar refractivity (Wildman–Crippen MR) is 130 cm³/mol. The van der Waals surface area contributed by atoms with Gasteiger partial charge in [0.1, 0.15) is 0 Å². The van der Waals surface area contributed by atoms with E-state index < -0.39 is 31.0 Å². The molecule has 1 aromatic rings. The Morgan fingerprint density at radius 1 is 1.34 bits per heavy atom. The molecule has 1 saturated carbocycles. The zero-order valence-corrected chi connectivity index (χ0v) is 21.4. The average Bonchev–Trinajstić information content (AvgIpc) is 3.27. The summed E-state index contributed by atoms with van der Waals surface area (Å²) in [5, 5.41) is 3.20. The number of likely N-dealkylation sites (tertiary alicyclic amines) is 1. The number of halogens is 2. The standard InChI is InChI=1S/C24H37F2N5O3S/c1-15-3-5-17(6-4-15)21(27)22(33)29-23-28-11-19(35-23)18(13-30-9-10-34-16(2)12-30)31-14-24(25,26)8-7-20(31)32/h11,15-18,21H,3-10,12-14,27H2,1-2H3,(H,28,29,33)/t15?,16-,17?,18?,21?/m1/s1. The molecule has 2 amide bonds. The lowest BCUT2D eigenvalue weighted by atomic mass is 9.79. The van der Waals surface area contributed by atoms with Gasteiger partial charge in [0.15, 0.2) is 5.13 Å². The Morgan fingerprint density at radius 3 is 2.80 bits per heavy atom. The molecule has 2 aliphatic heterocycles. The van der Waals surface area contributed by atoms with Crippen molar-refractivity contribution in [3.63, 3.8) is 0 Å². The van der Waals surface area contributed by atoms with Crippen LogP contribution in [0.4, 0.5) is 13.9 Å². The normalized spacial score (nSPS) is 29.6.